The van der Waals surface area contributed by atoms with Gasteiger partial charge < -0.3 is 0 Å². The third-order valence-electron chi connectivity index (χ3n) is 4.90. The van der Waals surface area contributed by atoms with Crippen molar-refractivity contribution in [1.82, 2.24) is 4.90 Å². The van der Waals surface area contributed by atoms with Crippen LogP contribution in [-0.4, -0.2) is 22.5 Å². The summed E-state index contributed by atoms with van der Waals surface area (Å²) in [5, 5.41) is 0. The molecule has 1 aliphatic heterocycles. The summed E-state index contributed by atoms with van der Waals surface area (Å²) < 4.78 is 0. The van der Waals surface area contributed by atoms with Gasteiger partial charge in [-0.25, -0.2) is 0 Å². The molecule has 100 valence electrons. The summed E-state index contributed by atoms with van der Waals surface area (Å²) in [5.74, 6) is 0.993. The largest absolute Gasteiger partial charge is 0.292 e. The third kappa shape index (κ3) is 2.54. The summed E-state index contributed by atoms with van der Waals surface area (Å²) in [5.41, 5.74) is 0.743. The maximum Gasteiger partial charge on any atom is 0.0152 e. The van der Waals surface area contributed by atoms with Crippen LogP contribution in [0.15, 0.2) is 0 Å². The number of hydrogen-bond donors (Lipinski definition) is 0. The Bertz CT molecular complexity index is 268. The van der Waals surface area contributed by atoms with E-state index in [1.807, 2.05) is 0 Å². The van der Waals surface area contributed by atoms with Gasteiger partial charge in [0.15, 0.2) is 0 Å². The van der Waals surface area contributed by atoms with Crippen LogP contribution in [0.1, 0.15) is 73.6 Å². The summed E-state index contributed by atoms with van der Waals surface area (Å²) in [6, 6.07) is 1.63. The number of piperidine rings is 1. The highest BCUT2D eigenvalue weighted by molar-refractivity contribution is 5.01. The van der Waals surface area contributed by atoms with Crippen molar-refractivity contribution in [2.24, 2.45) is 11.3 Å². The highest BCUT2D eigenvalue weighted by atomic mass is 15.3. The van der Waals surface area contributed by atoms with E-state index in [1.54, 1.807) is 0 Å². The lowest BCUT2D eigenvalue weighted by atomic mass is 9.74. The van der Waals surface area contributed by atoms with Gasteiger partial charge in [0, 0.05) is 17.6 Å². The molecule has 0 aromatic heterocycles. The summed E-state index contributed by atoms with van der Waals surface area (Å²) in [7, 11) is 0. The molecule has 2 rings (SSSR count). The normalized spacial score (nSPS) is 36.0. The van der Waals surface area contributed by atoms with Gasteiger partial charge in [0.2, 0.25) is 0 Å². The second-order valence-electron chi connectivity index (χ2n) is 8.30. The topological polar surface area (TPSA) is 3.24 Å². The third-order valence-corrected chi connectivity index (χ3v) is 4.90. The Balaban J connectivity index is 2.28. The molecule has 1 heterocycles. The molecule has 17 heavy (non-hydrogen) atoms. The van der Waals surface area contributed by atoms with Crippen LogP contribution >= 0.6 is 0 Å². The van der Waals surface area contributed by atoms with Crippen molar-refractivity contribution in [3.63, 3.8) is 0 Å². The van der Waals surface area contributed by atoms with E-state index in [-0.39, 0.29) is 0 Å². The Morgan fingerprint density at radius 1 is 0.824 bits per heavy atom. The monoisotopic (exact) mass is 237 g/mol. The van der Waals surface area contributed by atoms with Crippen LogP contribution in [-0.2, 0) is 0 Å². The van der Waals surface area contributed by atoms with Crippen LogP contribution in [0.5, 0.6) is 0 Å². The van der Waals surface area contributed by atoms with E-state index in [1.165, 1.54) is 32.1 Å². The molecule has 1 aliphatic carbocycles. The minimum absolute atomic E-state index is 0.325. The molecule has 0 aromatic carbocycles. The van der Waals surface area contributed by atoms with Crippen molar-refractivity contribution < 1.29 is 0 Å². The molecule has 3 unspecified atom stereocenters. The molecule has 0 amide bonds. The Morgan fingerprint density at radius 2 is 1.47 bits per heavy atom. The maximum absolute atomic E-state index is 2.88. The van der Waals surface area contributed by atoms with Crippen LogP contribution in [0.2, 0.25) is 0 Å². The second kappa shape index (κ2) is 4.26. The lowest BCUT2D eigenvalue weighted by molar-refractivity contribution is -0.0602. The predicted molar refractivity (Wildman–Crippen MR) is 75.2 cm³/mol. The molecular formula is C16H31N. The molecule has 1 nitrogen and oxygen atoms in total. The first kappa shape index (κ1) is 13.4. The molecule has 1 saturated heterocycles. The lowest BCUT2D eigenvalue weighted by Gasteiger charge is -2.55. The van der Waals surface area contributed by atoms with E-state index in [0.717, 1.165) is 18.0 Å². The minimum atomic E-state index is 0.325. The van der Waals surface area contributed by atoms with Crippen molar-refractivity contribution in [2.75, 3.05) is 0 Å². The number of likely N-dealkylation sites (tertiary alicyclic amines) is 1. The van der Waals surface area contributed by atoms with Gasteiger partial charge >= 0.3 is 0 Å². The molecular weight excluding hydrogens is 206 g/mol. The Labute approximate surface area is 108 Å². The van der Waals surface area contributed by atoms with Crippen molar-refractivity contribution >= 4 is 0 Å². The highest BCUT2D eigenvalue weighted by Crippen LogP contribution is 2.46. The van der Waals surface area contributed by atoms with Crippen LogP contribution in [0, 0.1) is 11.3 Å². The molecule has 1 saturated carbocycles. The first-order valence-corrected chi connectivity index (χ1v) is 7.50. The molecule has 0 radical (unpaired) electrons. The zero-order valence-corrected chi connectivity index (χ0v) is 12.7. The average molecular weight is 237 g/mol. The van der Waals surface area contributed by atoms with Crippen molar-refractivity contribution in [2.45, 2.75) is 91.3 Å². The zero-order valence-electron chi connectivity index (χ0n) is 12.7. The predicted octanol–water partition coefficient (Wildman–Crippen LogP) is 4.46. The number of hydrogen-bond acceptors (Lipinski definition) is 1. The molecule has 0 spiro atoms. The quantitative estimate of drug-likeness (QED) is 0.601. The van der Waals surface area contributed by atoms with Crippen LogP contribution < -0.4 is 0 Å². The van der Waals surface area contributed by atoms with Gasteiger partial charge in [0.25, 0.3) is 0 Å². The van der Waals surface area contributed by atoms with Crippen LogP contribution in [0.4, 0.5) is 0 Å². The molecule has 1 heteroatoms. The Hall–Kier alpha value is -0.0400. The minimum Gasteiger partial charge on any atom is -0.292 e. The van der Waals surface area contributed by atoms with Gasteiger partial charge in [0.05, 0.1) is 0 Å². The van der Waals surface area contributed by atoms with Gasteiger partial charge in [-0.05, 0) is 57.8 Å². The van der Waals surface area contributed by atoms with E-state index < -0.39 is 0 Å². The van der Waals surface area contributed by atoms with E-state index >= 15 is 0 Å². The maximum atomic E-state index is 2.88. The van der Waals surface area contributed by atoms with Gasteiger partial charge in [-0.2, -0.15) is 0 Å². The van der Waals surface area contributed by atoms with Crippen molar-refractivity contribution in [3.8, 4) is 0 Å². The summed E-state index contributed by atoms with van der Waals surface area (Å²) in [6.07, 6.45) is 7.25. The first-order valence-electron chi connectivity index (χ1n) is 7.50. The molecule has 0 N–H and O–H groups in total. The standard InChI is InChI=1S/C16H31N/c1-15(2,3)14-11-10-12-8-7-9-13(12)17(14)16(4,5)6/h12-14H,7-11H2,1-6H3. The number of fused-ring (bicyclic) bond motifs is 1. The number of nitrogens with zero attached hydrogens (tertiary/aromatic N) is 1. The van der Waals surface area contributed by atoms with E-state index in [0.29, 0.717) is 11.0 Å². The van der Waals surface area contributed by atoms with E-state index in [4.69, 9.17) is 0 Å². The van der Waals surface area contributed by atoms with Crippen LogP contribution in [0.25, 0.3) is 0 Å². The molecule has 2 fully saturated rings. The molecule has 0 aromatic rings. The van der Waals surface area contributed by atoms with Gasteiger partial charge in [-0.15, -0.1) is 0 Å². The van der Waals surface area contributed by atoms with Gasteiger partial charge in [0.1, 0.15) is 0 Å². The van der Waals surface area contributed by atoms with E-state index in [2.05, 4.69) is 46.4 Å². The van der Waals surface area contributed by atoms with Crippen molar-refractivity contribution in [3.05, 3.63) is 0 Å². The van der Waals surface area contributed by atoms with Gasteiger partial charge in [-0.1, -0.05) is 27.2 Å². The van der Waals surface area contributed by atoms with Gasteiger partial charge in [-0.3, -0.25) is 4.90 Å². The first-order chi connectivity index (χ1) is 7.71. The Kier molecular flexibility index (Phi) is 3.36. The summed E-state index contributed by atoms with van der Waals surface area (Å²) in [6.45, 7) is 14.5. The van der Waals surface area contributed by atoms with Crippen molar-refractivity contribution in [1.29, 1.82) is 0 Å². The fraction of sp³-hybridized carbons (Fsp3) is 1.00. The second-order valence-corrected chi connectivity index (χ2v) is 8.30. The SMILES string of the molecule is CC(C)(C)C1CCC2CCCC2N1C(C)(C)C. The fourth-order valence-corrected chi connectivity index (χ4v) is 4.28. The molecule has 0 bridgehead atoms. The van der Waals surface area contributed by atoms with E-state index in [9.17, 15) is 0 Å². The molecule has 3 atom stereocenters. The smallest absolute Gasteiger partial charge is 0.0152 e. The number of rotatable bonds is 0. The summed E-state index contributed by atoms with van der Waals surface area (Å²) in [4.78, 5) is 2.88. The fourth-order valence-electron chi connectivity index (χ4n) is 4.28. The lowest BCUT2D eigenvalue weighted by Crippen LogP contribution is -2.61. The Morgan fingerprint density at radius 3 is 2.00 bits per heavy atom. The van der Waals surface area contributed by atoms with Crippen LogP contribution in [0.3, 0.4) is 0 Å². The highest BCUT2D eigenvalue weighted by Gasteiger charge is 2.47. The average Bonchev–Trinajstić information content (AvgIpc) is 2.59. The summed E-state index contributed by atoms with van der Waals surface area (Å²) >= 11 is 0. The molecule has 2 aliphatic rings. The zero-order chi connectivity index (χ0) is 12.8.